The molecule has 1 aliphatic heterocycles. The Bertz CT molecular complexity index is 678. The first-order valence-corrected chi connectivity index (χ1v) is 8.39. The van der Waals surface area contributed by atoms with Gasteiger partial charge in [0.1, 0.15) is 0 Å². The van der Waals surface area contributed by atoms with E-state index in [2.05, 4.69) is 49.5 Å². The van der Waals surface area contributed by atoms with Crippen LogP contribution in [0.2, 0.25) is 0 Å². The van der Waals surface area contributed by atoms with Gasteiger partial charge in [0.25, 0.3) is 0 Å². The van der Waals surface area contributed by atoms with Gasteiger partial charge in [-0.1, -0.05) is 49.4 Å². The molecule has 0 bridgehead atoms. The monoisotopic (exact) mass is 308 g/mol. The fourth-order valence-electron chi connectivity index (χ4n) is 3.09. The predicted molar refractivity (Wildman–Crippen MR) is 94.7 cm³/mol. The highest BCUT2D eigenvalue weighted by atomic mass is 16.2. The highest BCUT2D eigenvalue weighted by Crippen LogP contribution is 2.27. The zero-order valence-electron chi connectivity index (χ0n) is 13.9. The highest BCUT2D eigenvalue weighted by molar-refractivity contribution is 5.96. The lowest BCUT2D eigenvalue weighted by molar-refractivity contribution is -0.117. The molecular formula is C20H24N2O. The van der Waals surface area contributed by atoms with Crippen LogP contribution in [0.25, 0.3) is 0 Å². The number of carbonyl (C=O) groups is 1. The first kappa shape index (κ1) is 15.8. The van der Waals surface area contributed by atoms with Crippen molar-refractivity contribution in [1.82, 2.24) is 5.32 Å². The minimum Gasteiger partial charge on any atom is -0.311 e. The summed E-state index contributed by atoms with van der Waals surface area (Å²) >= 11 is 0. The van der Waals surface area contributed by atoms with Crippen LogP contribution in [0.3, 0.4) is 0 Å². The van der Waals surface area contributed by atoms with Gasteiger partial charge in [-0.15, -0.1) is 0 Å². The summed E-state index contributed by atoms with van der Waals surface area (Å²) in [5, 5.41) is 3.35. The molecule has 0 saturated heterocycles. The lowest BCUT2D eigenvalue weighted by Crippen LogP contribution is -2.38. The highest BCUT2D eigenvalue weighted by Gasteiger charge is 2.24. The van der Waals surface area contributed by atoms with Crippen LogP contribution in [0.4, 0.5) is 5.69 Å². The van der Waals surface area contributed by atoms with E-state index in [4.69, 9.17) is 0 Å². The number of anilines is 1. The number of rotatable bonds is 5. The number of para-hydroxylation sites is 1. The third-order valence-corrected chi connectivity index (χ3v) is 4.64. The molecule has 1 amide bonds. The Morgan fingerprint density at radius 3 is 2.65 bits per heavy atom. The fourth-order valence-corrected chi connectivity index (χ4v) is 3.09. The number of fused-ring (bicyclic) bond motifs is 1. The summed E-state index contributed by atoms with van der Waals surface area (Å²) < 4.78 is 0. The lowest BCUT2D eigenvalue weighted by atomic mass is 10.1. The predicted octanol–water partition coefficient (Wildman–Crippen LogP) is 3.49. The van der Waals surface area contributed by atoms with Gasteiger partial charge in [-0.3, -0.25) is 4.79 Å². The van der Waals surface area contributed by atoms with Gasteiger partial charge in [0.15, 0.2) is 0 Å². The maximum absolute atomic E-state index is 12.5. The van der Waals surface area contributed by atoms with Crippen LogP contribution in [0.1, 0.15) is 36.6 Å². The third kappa shape index (κ3) is 3.45. The Labute approximate surface area is 138 Å². The summed E-state index contributed by atoms with van der Waals surface area (Å²) in [6.45, 7) is 5.42. The van der Waals surface area contributed by atoms with E-state index in [0.717, 1.165) is 25.1 Å². The second kappa shape index (κ2) is 6.97. The zero-order valence-corrected chi connectivity index (χ0v) is 13.9. The molecule has 0 radical (unpaired) electrons. The van der Waals surface area contributed by atoms with Gasteiger partial charge >= 0.3 is 0 Å². The van der Waals surface area contributed by atoms with Gasteiger partial charge < -0.3 is 10.2 Å². The van der Waals surface area contributed by atoms with Crippen molar-refractivity contribution in [3.8, 4) is 0 Å². The third-order valence-electron chi connectivity index (χ3n) is 4.64. The number of hydrogen-bond donors (Lipinski definition) is 1. The first-order valence-electron chi connectivity index (χ1n) is 8.39. The quantitative estimate of drug-likeness (QED) is 0.917. The molecule has 2 aromatic carbocycles. The number of carbonyl (C=O) groups excluding carboxylic acids is 1. The molecule has 0 aromatic heterocycles. The lowest BCUT2D eigenvalue weighted by Gasteiger charge is -2.20. The standard InChI is InChI=1S/C20H24N2O/c1-3-16-8-10-17(11-9-16)15(2)21-14-20(23)22-13-12-18-6-4-5-7-19(18)22/h4-11,15,21H,3,12-14H2,1-2H3. The minimum atomic E-state index is 0.145. The molecule has 1 atom stereocenters. The Hall–Kier alpha value is -2.13. The second-order valence-corrected chi connectivity index (χ2v) is 6.12. The normalized spacial score (nSPS) is 14.6. The van der Waals surface area contributed by atoms with Gasteiger partial charge in [0.05, 0.1) is 6.54 Å². The molecule has 0 fully saturated rings. The maximum Gasteiger partial charge on any atom is 0.240 e. The molecule has 3 heteroatoms. The SMILES string of the molecule is CCc1ccc(C(C)NCC(=O)N2CCc3ccccc32)cc1. The number of aryl methyl sites for hydroxylation is 1. The van der Waals surface area contributed by atoms with Crippen molar-refractivity contribution in [3.63, 3.8) is 0 Å². The molecular weight excluding hydrogens is 284 g/mol. The summed E-state index contributed by atoms with van der Waals surface area (Å²) in [6, 6.07) is 16.9. The Morgan fingerprint density at radius 1 is 1.17 bits per heavy atom. The smallest absolute Gasteiger partial charge is 0.240 e. The second-order valence-electron chi connectivity index (χ2n) is 6.12. The number of nitrogens with zero attached hydrogens (tertiary/aromatic N) is 1. The van der Waals surface area contributed by atoms with Crippen molar-refractivity contribution in [2.75, 3.05) is 18.0 Å². The number of benzene rings is 2. The first-order chi connectivity index (χ1) is 11.2. The van der Waals surface area contributed by atoms with Crippen LogP contribution >= 0.6 is 0 Å². The van der Waals surface area contributed by atoms with Gasteiger partial charge in [0, 0.05) is 18.3 Å². The Morgan fingerprint density at radius 2 is 1.91 bits per heavy atom. The van der Waals surface area contributed by atoms with Crippen LogP contribution in [-0.2, 0) is 17.6 Å². The summed E-state index contributed by atoms with van der Waals surface area (Å²) in [4.78, 5) is 14.4. The molecule has 0 spiro atoms. The van der Waals surface area contributed by atoms with Crippen LogP contribution < -0.4 is 10.2 Å². The van der Waals surface area contributed by atoms with Gasteiger partial charge in [-0.2, -0.15) is 0 Å². The van der Waals surface area contributed by atoms with Gasteiger partial charge in [-0.25, -0.2) is 0 Å². The van der Waals surface area contributed by atoms with E-state index >= 15 is 0 Å². The van der Waals surface area contributed by atoms with Crippen molar-refractivity contribution in [2.45, 2.75) is 32.7 Å². The Kier molecular flexibility index (Phi) is 4.77. The molecule has 120 valence electrons. The van der Waals surface area contributed by atoms with Crippen molar-refractivity contribution in [3.05, 3.63) is 65.2 Å². The molecule has 1 aliphatic rings. The van der Waals surface area contributed by atoms with Crippen molar-refractivity contribution < 1.29 is 4.79 Å². The van der Waals surface area contributed by atoms with Crippen LogP contribution in [-0.4, -0.2) is 19.0 Å². The van der Waals surface area contributed by atoms with Gasteiger partial charge in [0.2, 0.25) is 5.91 Å². The van der Waals surface area contributed by atoms with Crippen LogP contribution in [0.15, 0.2) is 48.5 Å². The van der Waals surface area contributed by atoms with Crippen molar-refractivity contribution in [2.24, 2.45) is 0 Å². The number of nitrogens with one attached hydrogen (secondary N) is 1. The molecule has 23 heavy (non-hydrogen) atoms. The average Bonchev–Trinajstić information content (AvgIpc) is 3.03. The molecule has 0 aliphatic carbocycles. The fraction of sp³-hybridized carbons (Fsp3) is 0.350. The molecule has 0 saturated carbocycles. The molecule has 3 nitrogen and oxygen atoms in total. The van der Waals surface area contributed by atoms with E-state index in [0.29, 0.717) is 6.54 Å². The summed E-state index contributed by atoms with van der Waals surface area (Å²) in [7, 11) is 0. The minimum absolute atomic E-state index is 0.145. The van der Waals surface area contributed by atoms with E-state index in [1.54, 1.807) is 0 Å². The van der Waals surface area contributed by atoms with E-state index in [1.165, 1.54) is 16.7 Å². The molecule has 2 aromatic rings. The zero-order chi connectivity index (χ0) is 16.2. The summed E-state index contributed by atoms with van der Waals surface area (Å²) in [6.07, 6.45) is 2.00. The van der Waals surface area contributed by atoms with Crippen molar-refractivity contribution >= 4 is 11.6 Å². The number of hydrogen-bond acceptors (Lipinski definition) is 2. The van der Waals surface area contributed by atoms with E-state index < -0.39 is 0 Å². The molecule has 3 rings (SSSR count). The average molecular weight is 308 g/mol. The van der Waals surface area contributed by atoms with Crippen molar-refractivity contribution in [1.29, 1.82) is 0 Å². The molecule has 1 N–H and O–H groups in total. The van der Waals surface area contributed by atoms with Gasteiger partial charge in [-0.05, 0) is 42.5 Å². The van der Waals surface area contributed by atoms with Crippen LogP contribution in [0.5, 0.6) is 0 Å². The molecule has 1 unspecified atom stereocenters. The van der Waals surface area contributed by atoms with E-state index in [-0.39, 0.29) is 11.9 Å². The largest absolute Gasteiger partial charge is 0.311 e. The summed E-state index contributed by atoms with van der Waals surface area (Å²) in [5.41, 5.74) is 4.89. The summed E-state index contributed by atoms with van der Waals surface area (Å²) in [5.74, 6) is 0.145. The number of amides is 1. The molecule has 1 heterocycles. The van der Waals surface area contributed by atoms with E-state index in [9.17, 15) is 4.79 Å². The van der Waals surface area contributed by atoms with Crippen LogP contribution in [0, 0.1) is 0 Å². The topological polar surface area (TPSA) is 32.3 Å². The Balaban J connectivity index is 1.58. The maximum atomic E-state index is 12.5. The van der Waals surface area contributed by atoms with E-state index in [1.807, 2.05) is 23.1 Å².